The molecule has 4 nitrogen and oxygen atoms in total. The van der Waals surface area contributed by atoms with Gasteiger partial charge in [0.2, 0.25) is 6.79 Å². The van der Waals surface area contributed by atoms with E-state index in [0.717, 1.165) is 37.7 Å². The van der Waals surface area contributed by atoms with Crippen LogP contribution in [0.3, 0.4) is 0 Å². The van der Waals surface area contributed by atoms with Crippen molar-refractivity contribution in [1.82, 2.24) is 5.32 Å². The molecule has 1 aliphatic rings. The molecule has 0 atom stereocenters. The summed E-state index contributed by atoms with van der Waals surface area (Å²) in [6.45, 7) is 8.44. The maximum Gasteiger partial charge on any atom is 0.231 e. The number of hydrogen-bond acceptors (Lipinski definition) is 4. The summed E-state index contributed by atoms with van der Waals surface area (Å²) in [6.07, 6.45) is 0. The van der Waals surface area contributed by atoms with Gasteiger partial charge in [0.25, 0.3) is 0 Å². The summed E-state index contributed by atoms with van der Waals surface area (Å²) >= 11 is 0. The van der Waals surface area contributed by atoms with Crippen molar-refractivity contribution >= 4 is 30.5 Å². The first-order valence-electron chi connectivity index (χ1n) is 8.23. The minimum absolute atomic E-state index is 0. The van der Waals surface area contributed by atoms with Crippen LogP contribution in [-0.4, -0.2) is 19.9 Å². The van der Waals surface area contributed by atoms with Gasteiger partial charge in [0.1, 0.15) is 0 Å². The van der Waals surface area contributed by atoms with Crippen molar-refractivity contribution in [2.24, 2.45) is 0 Å². The van der Waals surface area contributed by atoms with Crippen LogP contribution < -0.4 is 19.7 Å². The number of hydrogen-bond donors (Lipinski definition) is 1. The largest absolute Gasteiger partial charge is 0.454 e. The van der Waals surface area contributed by atoms with Gasteiger partial charge < -0.3 is 19.7 Å². The molecule has 6 heteroatoms. The van der Waals surface area contributed by atoms with Crippen LogP contribution in [-0.2, 0) is 13.1 Å². The molecule has 1 aliphatic heterocycles. The Hall–Kier alpha value is -1.62. The van der Waals surface area contributed by atoms with Crippen LogP contribution in [0.15, 0.2) is 42.5 Å². The predicted octanol–water partition coefficient (Wildman–Crippen LogP) is 4.39. The van der Waals surface area contributed by atoms with Crippen LogP contribution in [0, 0.1) is 0 Å². The lowest BCUT2D eigenvalue weighted by molar-refractivity contribution is 0.174. The summed E-state index contributed by atoms with van der Waals surface area (Å²) in [4.78, 5) is 2.35. The first kappa shape index (κ1) is 21.4. The van der Waals surface area contributed by atoms with Crippen molar-refractivity contribution in [3.05, 3.63) is 53.6 Å². The highest BCUT2D eigenvalue weighted by Gasteiger charge is 2.12. The Morgan fingerprint density at radius 1 is 0.840 bits per heavy atom. The summed E-state index contributed by atoms with van der Waals surface area (Å²) in [5, 5.41) is 3.48. The highest BCUT2D eigenvalue weighted by Crippen LogP contribution is 2.32. The SMILES string of the molecule is CCN(CC)c1ccc(CNCc2ccc3c(c2)OCO3)cc1.Cl.Cl. The average molecular weight is 385 g/mol. The van der Waals surface area contributed by atoms with Gasteiger partial charge in [-0.05, 0) is 49.2 Å². The molecule has 138 valence electrons. The number of rotatable bonds is 7. The third-order valence-corrected chi connectivity index (χ3v) is 4.16. The fourth-order valence-corrected chi connectivity index (χ4v) is 2.82. The van der Waals surface area contributed by atoms with Gasteiger partial charge in [-0.25, -0.2) is 0 Å². The molecular formula is C19H26Cl2N2O2. The van der Waals surface area contributed by atoms with Gasteiger partial charge in [-0.3, -0.25) is 0 Å². The zero-order valence-corrected chi connectivity index (χ0v) is 16.3. The van der Waals surface area contributed by atoms with E-state index in [-0.39, 0.29) is 24.8 Å². The van der Waals surface area contributed by atoms with Gasteiger partial charge in [-0.15, -0.1) is 24.8 Å². The van der Waals surface area contributed by atoms with E-state index in [1.54, 1.807) is 0 Å². The van der Waals surface area contributed by atoms with Crippen LogP contribution in [0.2, 0.25) is 0 Å². The molecule has 0 aliphatic carbocycles. The first-order valence-corrected chi connectivity index (χ1v) is 8.23. The highest BCUT2D eigenvalue weighted by molar-refractivity contribution is 5.85. The van der Waals surface area contributed by atoms with E-state index in [2.05, 4.69) is 54.4 Å². The van der Waals surface area contributed by atoms with E-state index in [1.807, 2.05) is 12.1 Å². The second-order valence-electron chi connectivity index (χ2n) is 5.63. The highest BCUT2D eigenvalue weighted by atomic mass is 35.5. The lowest BCUT2D eigenvalue weighted by Gasteiger charge is -2.21. The summed E-state index contributed by atoms with van der Waals surface area (Å²) in [6, 6.07) is 14.9. The van der Waals surface area contributed by atoms with E-state index in [9.17, 15) is 0 Å². The number of nitrogens with one attached hydrogen (secondary N) is 1. The Morgan fingerprint density at radius 3 is 2.12 bits per heavy atom. The van der Waals surface area contributed by atoms with E-state index in [0.29, 0.717) is 6.79 Å². The monoisotopic (exact) mass is 384 g/mol. The van der Waals surface area contributed by atoms with E-state index >= 15 is 0 Å². The lowest BCUT2D eigenvalue weighted by atomic mass is 10.1. The summed E-state index contributed by atoms with van der Waals surface area (Å²) in [5.74, 6) is 1.67. The van der Waals surface area contributed by atoms with Crippen molar-refractivity contribution in [2.45, 2.75) is 26.9 Å². The van der Waals surface area contributed by atoms with Crippen LogP contribution >= 0.6 is 24.8 Å². The van der Waals surface area contributed by atoms with E-state index in [4.69, 9.17) is 9.47 Å². The van der Waals surface area contributed by atoms with Gasteiger partial charge in [0.05, 0.1) is 0 Å². The van der Waals surface area contributed by atoms with Crippen molar-refractivity contribution in [1.29, 1.82) is 0 Å². The Labute approximate surface area is 162 Å². The molecule has 1 heterocycles. The molecule has 3 rings (SSSR count). The van der Waals surface area contributed by atoms with Crippen molar-refractivity contribution in [3.8, 4) is 11.5 Å². The van der Waals surface area contributed by atoms with Crippen LogP contribution in [0.25, 0.3) is 0 Å². The number of fused-ring (bicyclic) bond motifs is 1. The molecule has 2 aromatic rings. The standard InChI is InChI=1S/C19H24N2O2.2ClH/c1-3-21(4-2)17-8-5-15(6-9-17)12-20-13-16-7-10-18-19(11-16)23-14-22-18;;/h5-11,20H,3-4,12-14H2,1-2H3;2*1H. The first-order chi connectivity index (χ1) is 11.3. The fourth-order valence-electron chi connectivity index (χ4n) is 2.82. The van der Waals surface area contributed by atoms with Crippen molar-refractivity contribution in [3.63, 3.8) is 0 Å². The quantitative estimate of drug-likeness (QED) is 0.766. The summed E-state index contributed by atoms with van der Waals surface area (Å²) < 4.78 is 10.7. The van der Waals surface area contributed by atoms with Crippen LogP contribution in [0.1, 0.15) is 25.0 Å². The predicted molar refractivity (Wildman–Crippen MR) is 108 cm³/mol. The molecule has 0 saturated carbocycles. The molecule has 0 aromatic heterocycles. The van der Waals surface area contributed by atoms with Gasteiger partial charge in [0.15, 0.2) is 11.5 Å². The van der Waals surface area contributed by atoms with Gasteiger partial charge in [-0.1, -0.05) is 18.2 Å². The lowest BCUT2D eigenvalue weighted by Crippen LogP contribution is -2.21. The normalized spacial score (nSPS) is 11.4. The Balaban J connectivity index is 0.00000156. The van der Waals surface area contributed by atoms with Gasteiger partial charge >= 0.3 is 0 Å². The Kier molecular flexibility index (Phi) is 8.90. The molecule has 0 unspecified atom stereocenters. The molecule has 0 amide bonds. The Bertz CT molecular complexity index is 646. The van der Waals surface area contributed by atoms with E-state index in [1.165, 1.54) is 16.8 Å². The minimum Gasteiger partial charge on any atom is -0.454 e. The molecule has 0 radical (unpaired) electrons. The maximum absolute atomic E-state index is 5.41. The third-order valence-electron chi connectivity index (χ3n) is 4.16. The smallest absolute Gasteiger partial charge is 0.231 e. The Morgan fingerprint density at radius 2 is 1.44 bits per heavy atom. The molecular weight excluding hydrogens is 359 g/mol. The molecule has 2 aromatic carbocycles. The summed E-state index contributed by atoms with van der Waals surface area (Å²) in [5.41, 5.74) is 3.78. The zero-order valence-electron chi connectivity index (χ0n) is 14.7. The third kappa shape index (κ3) is 5.43. The zero-order chi connectivity index (χ0) is 16.1. The van der Waals surface area contributed by atoms with Crippen LogP contribution in [0.4, 0.5) is 5.69 Å². The minimum atomic E-state index is 0. The molecule has 25 heavy (non-hydrogen) atoms. The van der Waals surface area contributed by atoms with E-state index < -0.39 is 0 Å². The van der Waals surface area contributed by atoms with Gasteiger partial charge in [-0.2, -0.15) is 0 Å². The van der Waals surface area contributed by atoms with Crippen molar-refractivity contribution in [2.75, 3.05) is 24.8 Å². The number of nitrogens with zero attached hydrogens (tertiary/aromatic N) is 1. The van der Waals surface area contributed by atoms with Crippen molar-refractivity contribution < 1.29 is 9.47 Å². The number of halogens is 2. The molecule has 0 bridgehead atoms. The number of anilines is 1. The number of benzene rings is 2. The fraction of sp³-hybridized carbons (Fsp3) is 0.368. The molecule has 0 spiro atoms. The average Bonchev–Trinajstić information content (AvgIpc) is 3.05. The number of ether oxygens (including phenoxy) is 2. The van der Waals surface area contributed by atoms with Gasteiger partial charge in [0, 0.05) is 31.9 Å². The maximum atomic E-state index is 5.41. The molecule has 1 N–H and O–H groups in total. The van der Waals surface area contributed by atoms with Crippen LogP contribution in [0.5, 0.6) is 11.5 Å². The topological polar surface area (TPSA) is 33.7 Å². The second-order valence-corrected chi connectivity index (χ2v) is 5.63. The second kappa shape index (κ2) is 10.4. The molecule has 0 fully saturated rings. The molecule has 0 saturated heterocycles. The summed E-state index contributed by atoms with van der Waals surface area (Å²) in [7, 11) is 0.